The van der Waals surface area contributed by atoms with E-state index in [2.05, 4.69) is 15.0 Å². The third-order valence-corrected chi connectivity index (χ3v) is 3.11. The highest BCUT2D eigenvalue weighted by Crippen LogP contribution is 2.19. The maximum absolute atomic E-state index is 12.1. The minimum atomic E-state index is -2.80. The molecule has 0 saturated carbocycles. The molecule has 2 aromatic rings. The molecule has 1 heterocycles. The number of hydrogen-bond donors (Lipinski definition) is 1. The third kappa shape index (κ3) is 4.53. The molecule has 0 bridgehead atoms. The maximum atomic E-state index is 12.1. The van der Waals surface area contributed by atoms with Crippen LogP contribution < -0.4 is 10.1 Å². The second kappa shape index (κ2) is 7.17. The van der Waals surface area contributed by atoms with E-state index < -0.39 is 6.61 Å². The molecule has 1 aromatic carbocycles. The lowest BCUT2D eigenvalue weighted by Gasteiger charge is -2.13. The predicted molar refractivity (Wildman–Crippen MR) is 74.2 cm³/mol. The van der Waals surface area contributed by atoms with Gasteiger partial charge >= 0.3 is 6.61 Å². The van der Waals surface area contributed by atoms with E-state index in [1.165, 1.54) is 12.1 Å². The zero-order valence-electron chi connectivity index (χ0n) is 12.0. The number of nitrogens with zero attached hydrogens (tertiary/aromatic N) is 1. The fourth-order valence-corrected chi connectivity index (χ4v) is 1.89. The monoisotopic (exact) mass is 296 g/mol. The molecule has 6 heteroatoms. The second-order valence-electron chi connectivity index (χ2n) is 4.62. The molecule has 0 aliphatic carbocycles. The largest absolute Gasteiger partial charge is 0.444 e. The Labute approximate surface area is 122 Å². The Bertz CT molecular complexity index is 555. The second-order valence-corrected chi connectivity index (χ2v) is 4.62. The van der Waals surface area contributed by atoms with E-state index in [4.69, 9.17) is 4.42 Å². The van der Waals surface area contributed by atoms with E-state index in [-0.39, 0.29) is 11.8 Å². The SMILES string of the molecule is CCc1cnc(CNC(C)c2ccc(OC(F)F)cc2)o1. The average molecular weight is 296 g/mol. The number of ether oxygens (including phenoxy) is 1. The van der Waals surface area contributed by atoms with Crippen LogP contribution in [-0.4, -0.2) is 11.6 Å². The summed E-state index contributed by atoms with van der Waals surface area (Å²) in [6.07, 6.45) is 2.53. The molecule has 1 aromatic heterocycles. The van der Waals surface area contributed by atoms with Crippen LogP contribution >= 0.6 is 0 Å². The van der Waals surface area contributed by atoms with E-state index in [9.17, 15) is 8.78 Å². The van der Waals surface area contributed by atoms with Gasteiger partial charge in [0.2, 0.25) is 5.89 Å². The van der Waals surface area contributed by atoms with Gasteiger partial charge in [-0.2, -0.15) is 8.78 Å². The molecule has 21 heavy (non-hydrogen) atoms. The lowest BCUT2D eigenvalue weighted by molar-refractivity contribution is -0.0498. The molecule has 1 N–H and O–H groups in total. The number of halogens is 2. The number of aromatic nitrogens is 1. The number of hydrogen-bond acceptors (Lipinski definition) is 4. The van der Waals surface area contributed by atoms with Gasteiger partial charge < -0.3 is 14.5 Å². The molecule has 4 nitrogen and oxygen atoms in total. The fraction of sp³-hybridized carbons (Fsp3) is 0.400. The summed E-state index contributed by atoms with van der Waals surface area (Å²) in [5.41, 5.74) is 0.971. The van der Waals surface area contributed by atoms with Crippen LogP contribution in [0.2, 0.25) is 0 Å². The zero-order chi connectivity index (χ0) is 15.2. The Morgan fingerprint density at radius 2 is 2.00 bits per heavy atom. The van der Waals surface area contributed by atoms with Crippen molar-refractivity contribution in [2.75, 3.05) is 0 Å². The van der Waals surface area contributed by atoms with Crippen molar-refractivity contribution in [3.63, 3.8) is 0 Å². The summed E-state index contributed by atoms with van der Waals surface area (Å²) in [7, 11) is 0. The smallest absolute Gasteiger partial charge is 0.387 e. The zero-order valence-corrected chi connectivity index (χ0v) is 12.0. The molecular formula is C15H18F2N2O2. The van der Waals surface area contributed by atoms with Crippen LogP contribution in [0, 0.1) is 0 Å². The summed E-state index contributed by atoms with van der Waals surface area (Å²) in [4.78, 5) is 4.17. The molecule has 1 unspecified atom stereocenters. The number of nitrogens with one attached hydrogen (secondary N) is 1. The third-order valence-electron chi connectivity index (χ3n) is 3.11. The van der Waals surface area contributed by atoms with Crippen molar-refractivity contribution in [3.05, 3.63) is 47.7 Å². The average Bonchev–Trinajstić information content (AvgIpc) is 2.93. The summed E-state index contributed by atoms with van der Waals surface area (Å²) in [5.74, 6) is 1.64. The molecule has 0 saturated heterocycles. The van der Waals surface area contributed by atoms with Crippen molar-refractivity contribution in [1.82, 2.24) is 10.3 Å². The Hall–Kier alpha value is -1.95. The normalized spacial score (nSPS) is 12.6. The highest BCUT2D eigenvalue weighted by molar-refractivity contribution is 5.28. The number of rotatable bonds is 7. The summed E-state index contributed by atoms with van der Waals surface area (Å²) in [5, 5.41) is 3.27. The van der Waals surface area contributed by atoms with Gasteiger partial charge in [0.1, 0.15) is 11.5 Å². The van der Waals surface area contributed by atoms with Gasteiger partial charge in [-0.15, -0.1) is 0 Å². The van der Waals surface area contributed by atoms with E-state index in [0.717, 1.165) is 17.7 Å². The molecule has 0 aliphatic rings. The van der Waals surface area contributed by atoms with Crippen LogP contribution in [0.5, 0.6) is 5.75 Å². The Morgan fingerprint density at radius 3 is 2.57 bits per heavy atom. The molecule has 114 valence electrons. The van der Waals surface area contributed by atoms with Gasteiger partial charge in [0.15, 0.2) is 0 Å². The summed E-state index contributed by atoms with van der Waals surface area (Å²) < 4.78 is 34.0. The van der Waals surface area contributed by atoms with Gasteiger partial charge in [-0.1, -0.05) is 19.1 Å². The van der Waals surface area contributed by atoms with Crippen molar-refractivity contribution in [3.8, 4) is 5.75 Å². The van der Waals surface area contributed by atoms with Crippen molar-refractivity contribution in [2.24, 2.45) is 0 Å². The topological polar surface area (TPSA) is 47.3 Å². The van der Waals surface area contributed by atoms with Gasteiger partial charge in [-0.25, -0.2) is 4.98 Å². The van der Waals surface area contributed by atoms with Crippen molar-refractivity contribution >= 4 is 0 Å². The van der Waals surface area contributed by atoms with Crippen LogP contribution in [0.15, 0.2) is 34.9 Å². The first-order valence-electron chi connectivity index (χ1n) is 6.80. The first kappa shape index (κ1) is 15.4. The number of alkyl halides is 2. The Morgan fingerprint density at radius 1 is 1.29 bits per heavy atom. The highest BCUT2D eigenvalue weighted by atomic mass is 19.3. The number of oxazole rings is 1. The molecule has 1 atom stereocenters. The first-order valence-corrected chi connectivity index (χ1v) is 6.80. The lowest BCUT2D eigenvalue weighted by Crippen LogP contribution is -2.18. The van der Waals surface area contributed by atoms with Crippen LogP contribution in [0.1, 0.15) is 37.1 Å². The van der Waals surface area contributed by atoms with Gasteiger partial charge in [0.25, 0.3) is 0 Å². The summed E-state index contributed by atoms with van der Waals surface area (Å²) in [6.45, 7) is 1.69. The molecule has 2 rings (SSSR count). The summed E-state index contributed by atoms with van der Waals surface area (Å²) in [6, 6.07) is 6.60. The lowest BCUT2D eigenvalue weighted by atomic mass is 10.1. The van der Waals surface area contributed by atoms with Crippen LogP contribution in [0.4, 0.5) is 8.78 Å². The van der Waals surface area contributed by atoms with E-state index >= 15 is 0 Å². The minimum absolute atomic E-state index is 0.0441. The molecule has 0 amide bonds. The summed E-state index contributed by atoms with van der Waals surface area (Å²) >= 11 is 0. The van der Waals surface area contributed by atoms with Crippen LogP contribution in [-0.2, 0) is 13.0 Å². The highest BCUT2D eigenvalue weighted by Gasteiger charge is 2.09. The Kier molecular flexibility index (Phi) is 5.27. The van der Waals surface area contributed by atoms with Gasteiger partial charge in [0.05, 0.1) is 12.7 Å². The fourth-order valence-electron chi connectivity index (χ4n) is 1.89. The Balaban J connectivity index is 1.89. The van der Waals surface area contributed by atoms with Gasteiger partial charge in [-0.3, -0.25) is 0 Å². The number of aryl methyl sites for hydroxylation is 1. The first-order chi connectivity index (χ1) is 10.1. The molecule has 0 spiro atoms. The molecule has 0 aliphatic heterocycles. The quantitative estimate of drug-likeness (QED) is 0.846. The van der Waals surface area contributed by atoms with Crippen LogP contribution in [0.25, 0.3) is 0 Å². The number of benzene rings is 1. The molecule has 0 radical (unpaired) electrons. The van der Waals surface area contributed by atoms with Gasteiger partial charge in [0, 0.05) is 12.5 Å². The van der Waals surface area contributed by atoms with E-state index in [0.29, 0.717) is 12.4 Å². The van der Waals surface area contributed by atoms with Crippen molar-refractivity contribution in [2.45, 2.75) is 39.5 Å². The van der Waals surface area contributed by atoms with E-state index in [1.54, 1.807) is 18.3 Å². The van der Waals surface area contributed by atoms with Crippen molar-refractivity contribution in [1.29, 1.82) is 0 Å². The minimum Gasteiger partial charge on any atom is -0.444 e. The van der Waals surface area contributed by atoms with E-state index in [1.807, 2.05) is 13.8 Å². The maximum Gasteiger partial charge on any atom is 0.387 e. The molecule has 0 fully saturated rings. The molecular weight excluding hydrogens is 278 g/mol. The standard InChI is InChI=1S/C15H18F2N2O2/c1-3-12-8-19-14(20-12)9-18-10(2)11-4-6-13(7-5-11)21-15(16)17/h4-8,10,15,18H,3,9H2,1-2H3. The predicted octanol–water partition coefficient (Wildman–Crippen LogP) is 3.69. The van der Waals surface area contributed by atoms with Gasteiger partial charge in [-0.05, 0) is 24.6 Å². The van der Waals surface area contributed by atoms with Crippen LogP contribution in [0.3, 0.4) is 0 Å². The van der Waals surface area contributed by atoms with Crippen molar-refractivity contribution < 1.29 is 17.9 Å².